The summed E-state index contributed by atoms with van der Waals surface area (Å²) in [5.41, 5.74) is 0.672. The first-order valence-corrected chi connectivity index (χ1v) is 4.61. The van der Waals surface area contributed by atoms with Gasteiger partial charge in [-0.3, -0.25) is 0 Å². The molecule has 1 aliphatic heterocycles. The number of rotatable bonds is 4. The van der Waals surface area contributed by atoms with Gasteiger partial charge >= 0.3 is 5.97 Å². The molecule has 0 spiro atoms. The summed E-state index contributed by atoms with van der Waals surface area (Å²) in [7, 11) is 0. The summed E-state index contributed by atoms with van der Waals surface area (Å²) in [5, 5.41) is 0. The Balaban J connectivity index is 2.25. The van der Waals surface area contributed by atoms with E-state index < -0.39 is 0 Å². The van der Waals surface area contributed by atoms with Crippen LogP contribution in [0.15, 0.2) is 12.2 Å². The lowest BCUT2D eigenvalue weighted by atomic mass is 9.97. The van der Waals surface area contributed by atoms with Crippen LogP contribution in [0.5, 0.6) is 0 Å². The minimum atomic E-state index is -0.198. The van der Waals surface area contributed by atoms with Crippen molar-refractivity contribution in [1.82, 2.24) is 0 Å². The molecule has 0 amide bonds. The van der Waals surface area contributed by atoms with Crippen molar-refractivity contribution in [1.29, 1.82) is 0 Å². The first-order valence-electron chi connectivity index (χ1n) is 4.61. The van der Waals surface area contributed by atoms with Crippen LogP contribution in [0, 0.1) is 5.92 Å². The third-order valence-electron chi connectivity index (χ3n) is 2.33. The van der Waals surface area contributed by atoms with Gasteiger partial charge in [-0.05, 0) is 6.42 Å². The van der Waals surface area contributed by atoms with Crippen molar-refractivity contribution in [2.75, 3.05) is 6.61 Å². The first kappa shape index (κ1) is 9.30. The van der Waals surface area contributed by atoms with Crippen molar-refractivity contribution in [3.05, 3.63) is 12.2 Å². The van der Waals surface area contributed by atoms with E-state index in [-0.39, 0.29) is 5.97 Å². The monoisotopic (exact) mass is 168 g/mol. The minimum absolute atomic E-state index is 0.198. The Kier molecular flexibility index (Phi) is 3.32. The van der Waals surface area contributed by atoms with Crippen LogP contribution in [-0.4, -0.2) is 12.6 Å². The molecule has 2 nitrogen and oxygen atoms in total. The average molecular weight is 168 g/mol. The summed E-state index contributed by atoms with van der Waals surface area (Å²) in [6, 6.07) is 0. The van der Waals surface area contributed by atoms with Crippen molar-refractivity contribution < 1.29 is 9.53 Å². The van der Waals surface area contributed by atoms with E-state index in [9.17, 15) is 4.79 Å². The summed E-state index contributed by atoms with van der Waals surface area (Å²) in [6.45, 7) is 6.45. The number of esters is 1. The maximum absolute atomic E-state index is 10.9. The van der Waals surface area contributed by atoms with Gasteiger partial charge in [0.1, 0.15) is 0 Å². The van der Waals surface area contributed by atoms with Gasteiger partial charge in [-0.1, -0.05) is 32.8 Å². The minimum Gasteiger partial charge on any atom is -0.462 e. The van der Waals surface area contributed by atoms with Crippen LogP contribution >= 0.6 is 0 Å². The first-order chi connectivity index (χ1) is 5.75. The molecule has 0 N–H and O–H groups in total. The van der Waals surface area contributed by atoms with Crippen LogP contribution < -0.4 is 0 Å². The molecule has 0 aromatic carbocycles. The van der Waals surface area contributed by atoms with E-state index in [0.717, 1.165) is 6.42 Å². The average Bonchev–Trinajstić information content (AvgIpc) is 2.36. The molecular weight excluding hydrogens is 152 g/mol. The highest BCUT2D eigenvalue weighted by atomic mass is 16.5. The van der Waals surface area contributed by atoms with Crippen molar-refractivity contribution in [3.8, 4) is 0 Å². The van der Waals surface area contributed by atoms with Crippen LogP contribution in [0.1, 0.15) is 32.6 Å². The molecular formula is C10H16O2. The second-order valence-electron chi connectivity index (χ2n) is 3.32. The van der Waals surface area contributed by atoms with Crippen LogP contribution in [0.3, 0.4) is 0 Å². The van der Waals surface area contributed by atoms with Gasteiger partial charge in [0, 0.05) is 11.5 Å². The van der Waals surface area contributed by atoms with Gasteiger partial charge in [0.2, 0.25) is 0 Å². The third-order valence-corrected chi connectivity index (χ3v) is 2.33. The van der Waals surface area contributed by atoms with Crippen molar-refractivity contribution in [2.24, 2.45) is 5.92 Å². The molecule has 1 rings (SSSR count). The predicted octanol–water partition coefficient (Wildman–Crippen LogP) is 2.30. The van der Waals surface area contributed by atoms with Gasteiger partial charge in [0.05, 0.1) is 6.61 Å². The number of carbonyl (C=O) groups is 1. The maximum Gasteiger partial charge on any atom is 0.333 e. The fourth-order valence-corrected chi connectivity index (χ4v) is 1.43. The van der Waals surface area contributed by atoms with Crippen molar-refractivity contribution in [2.45, 2.75) is 32.6 Å². The SMILES string of the molecule is C=C1C(=O)OC[C@@H]1CCCCC. The second-order valence-corrected chi connectivity index (χ2v) is 3.32. The Morgan fingerprint density at radius 1 is 1.58 bits per heavy atom. The lowest BCUT2D eigenvalue weighted by molar-refractivity contribution is -0.135. The molecule has 0 bridgehead atoms. The molecule has 2 heteroatoms. The highest BCUT2D eigenvalue weighted by Gasteiger charge is 2.27. The molecule has 68 valence electrons. The smallest absolute Gasteiger partial charge is 0.333 e. The van der Waals surface area contributed by atoms with Gasteiger partial charge in [0.15, 0.2) is 0 Å². The number of hydrogen-bond donors (Lipinski definition) is 0. The standard InChI is InChI=1S/C10H16O2/c1-3-4-5-6-9-7-12-10(11)8(9)2/h9H,2-7H2,1H3/t9-/m0/s1. The fraction of sp³-hybridized carbons (Fsp3) is 0.700. The molecule has 0 unspecified atom stereocenters. The molecule has 0 saturated carbocycles. The Bertz CT molecular complexity index is 184. The maximum atomic E-state index is 10.9. The van der Waals surface area contributed by atoms with Gasteiger partial charge in [0.25, 0.3) is 0 Å². The Labute approximate surface area is 73.6 Å². The van der Waals surface area contributed by atoms with E-state index in [1.807, 2.05) is 0 Å². The Morgan fingerprint density at radius 3 is 2.83 bits per heavy atom. The summed E-state index contributed by atoms with van der Waals surface area (Å²) < 4.78 is 4.87. The van der Waals surface area contributed by atoms with Gasteiger partial charge < -0.3 is 4.74 Å². The Morgan fingerprint density at radius 2 is 2.33 bits per heavy atom. The molecule has 12 heavy (non-hydrogen) atoms. The molecule has 1 heterocycles. The lowest BCUT2D eigenvalue weighted by Crippen LogP contribution is -2.01. The number of cyclic esters (lactones) is 1. The summed E-state index contributed by atoms with van der Waals surface area (Å²) >= 11 is 0. The largest absolute Gasteiger partial charge is 0.462 e. The van der Waals surface area contributed by atoms with Gasteiger partial charge in [-0.25, -0.2) is 4.79 Å². The lowest BCUT2D eigenvalue weighted by Gasteiger charge is -2.05. The topological polar surface area (TPSA) is 26.3 Å². The van der Waals surface area contributed by atoms with E-state index in [0.29, 0.717) is 18.1 Å². The number of unbranched alkanes of at least 4 members (excludes halogenated alkanes) is 2. The van der Waals surface area contributed by atoms with E-state index >= 15 is 0 Å². The molecule has 1 fully saturated rings. The fourth-order valence-electron chi connectivity index (χ4n) is 1.43. The quantitative estimate of drug-likeness (QED) is 0.366. The van der Waals surface area contributed by atoms with E-state index in [4.69, 9.17) is 4.74 Å². The molecule has 0 aromatic heterocycles. The van der Waals surface area contributed by atoms with Crippen molar-refractivity contribution >= 4 is 5.97 Å². The number of hydrogen-bond acceptors (Lipinski definition) is 2. The van der Waals surface area contributed by atoms with E-state index in [1.165, 1.54) is 19.3 Å². The Hall–Kier alpha value is -0.790. The zero-order chi connectivity index (χ0) is 8.97. The highest BCUT2D eigenvalue weighted by molar-refractivity contribution is 5.90. The van der Waals surface area contributed by atoms with Gasteiger partial charge in [-0.15, -0.1) is 0 Å². The van der Waals surface area contributed by atoms with Crippen LogP contribution in [0.4, 0.5) is 0 Å². The van der Waals surface area contributed by atoms with Crippen LogP contribution in [0.2, 0.25) is 0 Å². The summed E-state index contributed by atoms with van der Waals surface area (Å²) in [4.78, 5) is 10.9. The molecule has 0 radical (unpaired) electrons. The zero-order valence-electron chi connectivity index (χ0n) is 7.64. The molecule has 1 saturated heterocycles. The molecule has 0 aliphatic carbocycles. The van der Waals surface area contributed by atoms with E-state index in [1.54, 1.807) is 0 Å². The molecule has 1 atom stereocenters. The normalized spacial score (nSPS) is 22.9. The number of ether oxygens (including phenoxy) is 1. The molecule has 1 aliphatic rings. The highest BCUT2D eigenvalue weighted by Crippen LogP contribution is 2.24. The van der Waals surface area contributed by atoms with Crippen LogP contribution in [0.25, 0.3) is 0 Å². The van der Waals surface area contributed by atoms with Crippen molar-refractivity contribution in [3.63, 3.8) is 0 Å². The second kappa shape index (κ2) is 4.29. The van der Waals surface area contributed by atoms with Gasteiger partial charge in [-0.2, -0.15) is 0 Å². The predicted molar refractivity (Wildman–Crippen MR) is 47.7 cm³/mol. The summed E-state index contributed by atoms with van der Waals surface area (Å²) in [6.07, 6.45) is 4.68. The van der Waals surface area contributed by atoms with Crippen LogP contribution in [-0.2, 0) is 9.53 Å². The third kappa shape index (κ3) is 2.10. The summed E-state index contributed by atoms with van der Waals surface area (Å²) in [5.74, 6) is 0.0977. The number of carbonyl (C=O) groups excluding carboxylic acids is 1. The zero-order valence-corrected chi connectivity index (χ0v) is 7.64. The molecule has 0 aromatic rings. The van der Waals surface area contributed by atoms with E-state index in [2.05, 4.69) is 13.5 Å².